The summed E-state index contributed by atoms with van der Waals surface area (Å²) in [4.78, 5) is 2.38. The summed E-state index contributed by atoms with van der Waals surface area (Å²) in [6.07, 6.45) is 3.65. The van der Waals surface area contributed by atoms with Gasteiger partial charge in [0.2, 0.25) is 0 Å². The summed E-state index contributed by atoms with van der Waals surface area (Å²) in [6.45, 7) is 2.75. The molecule has 2 aromatic rings. The van der Waals surface area contributed by atoms with Gasteiger partial charge in [0.15, 0.2) is 0 Å². The Morgan fingerprint density at radius 2 is 2.23 bits per heavy atom. The molecule has 2 atom stereocenters. The Morgan fingerprint density at radius 3 is 2.95 bits per heavy atom. The summed E-state index contributed by atoms with van der Waals surface area (Å²) >= 11 is 0. The molecule has 118 valence electrons. The molecule has 0 aliphatic carbocycles. The van der Waals surface area contributed by atoms with E-state index in [1.54, 1.807) is 19.4 Å². The fourth-order valence-electron chi connectivity index (χ4n) is 3.30. The van der Waals surface area contributed by atoms with Crippen LogP contribution < -0.4 is 0 Å². The molecule has 0 amide bonds. The zero-order valence-electron chi connectivity index (χ0n) is 12.8. The van der Waals surface area contributed by atoms with Crippen molar-refractivity contribution in [3.05, 3.63) is 53.6 Å². The van der Waals surface area contributed by atoms with Crippen LogP contribution in [0, 0.1) is 11.7 Å². The van der Waals surface area contributed by atoms with Crippen molar-refractivity contribution in [2.24, 2.45) is 5.92 Å². The number of likely N-dealkylation sites (tertiary alicyclic amines) is 1. The molecule has 22 heavy (non-hydrogen) atoms. The van der Waals surface area contributed by atoms with Crippen LogP contribution in [0.1, 0.15) is 17.7 Å². The molecular formula is C17H22FN3O. The van der Waals surface area contributed by atoms with E-state index in [4.69, 9.17) is 4.74 Å². The van der Waals surface area contributed by atoms with E-state index in [2.05, 4.69) is 15.1 Å². The Balaban J connectivity index is 1.67. The third-order valence-electron chi connectivity index (χ3n) is 4.44. The van der Waals surface area contributed by atoms with Gasteiger partial charge in [0.05, 0.1) is 6.10 Å². The van der Waals surface area contributed by atoms with E-state index >= 15 is 0 Å². The number of aromatic amines is 1. The molecule has 1 N–H and O–H groups in total. The quantitative estimate of drug-likeness (QED) is 0.923. The maximum absolute atomic E-state index is 13.9. The number of piperidine rings is 1. The molecule has 0 saturated carbocycles. The van der Waals surface area contributed by atoms with Gasteiger partial charge in [-0.15, -0.1) is 0 Å². The number of ether oxygens (including phenoxy) is 1. The van der Waals surface area contributed by atoms with Crippen molar-refractivity contribution in [3.8, 4) is 0 Å². The molecule has 1 aliphatic heterocycles. The van der Waals surface area contributed by atoms with Gasteiger partial charge >= 0.3 is 0 Å². The van der Waals surface area contributed by atoms with E-state index in [1.807, 2.05) is 18.2 Å². The molecule has 1 saturated heterocycles. The van der Waals surface area contributed by atoms with Crippen LogP contribution in [0.15, 0.2) is 36.5 Å². The number of halogens is 1. The minimum Gasteiger partial charge on any atom is -0.381 e. The van der Waals surface area contributed by atoms with Crippen LogP contribution in [-0.2, 0) is 17.7 Å². The Hall–Kier alpha value is -1.72. The maximum Gasteiger partial charge on any atom is 0.126 e. The van der Waals surface area contributed by atoms with E-state index in [9.17, 15) is 4.39 Å². The first-order valence-corrected chi connectivity index (χ1v) is 7.73. The molecule has 4 nitrogen and oxygen atoms in total. The standard InChI is InChI=1S/C17H22FN3O/c1-22-17-7-9-21(12-15-6-8-19-20-15)11-14(17)10-13-4-2-3-5-16(13)18/h2-6,8,14,17H,7,9-12H2,1H3,(H,19,20)/t14-,17-/m1/s1. The molecule has 0 unspecified atom stereocenters. The lowest BCUT2D eigenvalue weighted by Crippen LogP contribution is -2.44. The monoisotopic (exact) mass is 303 g/mol. The lowest BCUT2D eigenvalue weighted by atomic mass is 9.88. The summed E-state index contributed by atoms with van der Waals surface area (Å²) < 4.78 is 19.5. The Morgan fingerprint density at radius 1 is 1.36 bits per heavy atom. The number of hydrogen-bond donors (Lipinski definition) is 1. The molecule has 0 spiro atoms. The van der Waals surface area contributed by atoms with Gasteiger partial charge in [-0.3, -0.25) is 10.00 Å². The van der Waals surface area contributed by atoms with Gasteiger partial charge in [0.1, 0.15) is 5.82 Å². The van der Waals surface area contributed by atoms with Crippen LogP contribution in [-0.4, -0.2) is 41.4 Å². The molecule has 1 fully saturated rings. The van der Waals surface area contributed by atoms with Gasteiger partial charge < -0.3 is 4.74 Å². The average Bonchev–Trinajstić information content (AvgIpc) is 3.03. The summed E-state index contributed by atoms with van der Waals surface area (Å²) in [5.74, 6) is 0.182. The highest BCUT2D eigenvalue weighted by Crippen LogP contribution is 2.25. The SMILES string of the molecule is CO[C@@H]1CCN(Cc2ccn[nH]2)C[C@H]1Cc1ccccc1F. The summed E-state index contributed by atoms with van der Waals surface area (Å²) in [7, 11) is 1.75. The number of rotatable bonds is 5. The smallest absolute Gasteiger partial charge is 0.126 e. The van der Waals surface area contributed by atoms with Crippen molar-refractivity contribution in [2.45, 2.75) is 25.5 Å². The molecule has 5 heteroatoms. The van der Waals surface area contributed by atoms with Crippen molar-refractivity contribution in [1.29, 1.82) is 0 Å². The van der Waals surface area contributed by atoms with E-state index in [0.717, 1.165) is 37.3 Å². The highest BCUT2D eigenvalue weighted by molar-refractivity contribution is 5.18. The average molecular weight is 303 g/mol. The normalized spacial score (nSPS) is 22.8. The van der Waals surface area contributed by atoms with Gasteiger partial charge in [-0.1, -0.05) is 18.2 Å². The number of methoxy groups -OCH3 is 1. The van der Waals surface area contributed by atoms with Crippen LogP contribution in [0.3, 0.4) is 0 Å². The molecule has 3 rings (SSSR count). The van der Waals surface area contributed by atoms with Gasteiger partial charge in [-0.25, -0.2) is 4.39 Å². The second kappa shape index (κ2) is 7.03. The van der Waals surface area contributed by atoms with E-state index in [-0.39, 0.29) is 11.9 Å². The predicted octanol–water partition coefficient (Wildman–Crippen LogP) is 2.63. The van der Waals surface area contributed by atoms with Crippen LogP contribution in [0.25, 0.3) is 0 Å². The number of hydrogen-bond acceptors (Lipinski definition) is 3. The molecular weight excluding hydrogens is 281 g/mol. The van der Waals surface area contributed by atoms with Crippen LogP contribution >= 0.6 is 0 Å². The van der Waals surface area contributed by atoms with Gasteiger partial charge in [0, 0.05) is 44.6 Å². The number of nitrogens with one attached hydrogen (secondary N) is 1. The number of aromatic nitrogens is 2. The van der Waals surface area contributed by atoms with Crippen molar-refractivity contribution in [2.75, 3.05) is 20.2 Å². The fourth-order valence-corrected chi connectivity index (χ4v) is 3.30. The van der Waals surface area contributed by atoms with Gasteiger partial charge in [-0.2, -0.15) is 5.10 Å². The Labute approximate surface area is 130 Å². The van der Waals surface area contributed by atoms with Crippen LogP contribution in [0.2, 0.25) is 0 Å². The van der Waals surface area contributed by atoms with Crippen molar-refractivity contribution in [3.63, 3.8) is 0 Å². The Bertz CT molecular complexity index is 587. The number of H-pyrrole nitrogens is 1. The second-order valence-electron chi connectivity index (χ2n) is 5.94. The molecule has 1 aromatic heterocycles. The number of benzene rings is 1. The topological polar surface area (TPSA) is 41.1 Å². The van der Waals surface area contributed by atoms with E-state index < -0.39 is 0 Å². The first-order valence-electron chi connectivity index (χ1n) is 7.73. The second-order valence-corrected chi connectivity index (χ2v) is 5.94. The molecule has 1 aliphatic rings. The third-order valence-corrected chi connectivity index (χ3v) is 4.44. The summed E-state index contributed by atoms with van der Waals surface area (Å²) in [5.41, 5.74) is 1.89. The van der Waals surface area contributed by atoms with Crippen molar-refractivity contribution >= 4 is 0 Å². The maximum atomic E-state index is 13.9. The molecule has 2 heterocycles. The zero-order valence-corrected chi connectivity index (χ0v) is 12.8. The highest BCUT2D eigenvalue weighted by atomic mass is 19.1. The van der Waals surface area contributed by atoms with Gasteiger partial charge in [-0.05, 0) is 30.5 Å². The number of nitrogens with zero attached hydrogens (tertiary/aromatic N) is 2. The molecule has 0 radical (unpaired) electrons. The lowest BCUT2D eigenvalue weighted by Gasteiger charge is -2.37. The third kappa shape index (κ3) is 3.54. The molecule has 1 aromatic carbocycles. The summed E-state index contributed by atoms with van der Waals surface area (Å²) in [5, 5.41) is 6.99. The van der Waals surface area contributed by atoms with E-state index in [1.165, 1.54) is 6.07 Å². The van der Waals surface area contributed by atoms with E-state index in [0.29, 0.717) is 12.3 Å². The molecule has 0 bridgehead atoms. The minimum absolute atomic E-state index is 0.122. The highest BCUT2D eigenvalue weighted by Gasteiger charge is 2.30. The predicted molar refractivity (Wildman–Crippen MR) is 82.9 cm³/mol. The minimum atomic E-state index is -0.122. The fraction of sp³-hybridized carbons (Fsp3) is 0.471. The van der Waals surface area contributed by atoms with Crippen molar-refractivity contribution < 1.29 is 9.13 Å². The van der Waals surface area contributed by atoms with Gasteiger partial charge in [0.25, 0.3) is 0 Å². The van der Waals surface area contributed by atoms with Crippen LogP contribution in [0.5, 0.6) is 0 Å². The lowest BCUT2D eigenvalue weighted by molar-refractivity contribution is -0.00902. The zero-order chi connectivity index (χ0) is 15.4. The van der Waals surface area contributed by atoms with Crippen molar-refractivity contribution in [1.82, 2.24) is 15.1 Å². The Kier molecular flexibility index (Phi) is 4.85. The first-order chi connectivity index (χ1) is 10.8. The summed E-state index contributed by atoms with van der Waals surface area (Å²) in [6, 6.07) is 9.02. The largest absolute Gasteiger partial charge is 0.381 e. The van der Waals surface area contributed by atoms with Crippen LogP contribution in [0.4, 0.5) is 4.39 Å². The first kappa shape index (κ1) is 15.2.